The van der Waals surface area contributed by atoms with Crippen molar-refractivity contribution in [2.75, 3.05) is 5.32 Å². The minimum absolute atomic E-state index is 0.163. The van der Waals surface area contributed by atoms with Crippen molar-refractivity contribution in [1.82, 2.24) is 24.8 Å². The van der Waals surface area contributed by atoms with Gasteiger partial charge in [0.15, 0.2) is 4.34 Å². The third-order valence-corrected chi connectivity index (χ3v) is 6.55. The van der Waals surface area contributed by atoms with Crippen molar-refractivity contribution < 1.29 is 0 Å². The number of thioether (sulfide) groups is 1. The van der Waals surface area contributed by atoms with Crippen molar-refractivity contribution in [3.05, 3.63) is 55.9 Å². The Morgan fingerprint density at radius 2 is 2.15 bits per heavy atom. The molecule has 0 saturated heterocycles. The Hall–Kier alpha value is -1.82. The number of benzene rings is 1. The molecule has 3 aromatic heterocycles. The number of aromatic nitrogens is 5. The van der Waals surface area contributed by atoms with Crippen LogP contribution in [-0.4, -0.2) is 24.8 Å². The predicted molar refractivity (Wildman–Crippen MR) is 109 cm³/mol. The number of hydrogen-bond donors (Lipinski definition) is 1. The largest absolute Gasteiger partial charge is 0.330 e. The van der Waals surface area contributed by atoms with E-state index in [1.54, 1.807) is 0 Å². The standard InChI is InChI=1S/C15H11BrN6OS3/c1-8-21-22-12(23)6-11(18-14(22)25-8)7-24-15-20-19-13(26-15)17-10-4-2-3-9(16)5-10/h2-6H,7H2,1H3,(H,17,19). The van der Waals surface area contributed by atoms with Gasteiger partial charge in [-0.2, -0.15) is 9.61 Å². The van der Waals surface area contributed by atoms with Gasteiger partial charge in [-0.3, -0.25) is 4.79 Å². The molecule has 4 aromatic rings. The van der Waals surface area contributed by atoms with Crippen LogP contribution in [0.2, 0.25) is 0 Å². The molecule has 0 atom stereocenters. The number of hydrogen-bond acceptors (Lipinski definition) is 9. The molecule has 3 heterocycles. The molecule has 0 amide bonds. The number of anilines is 2. The van der Waals surface area contributed by atoms with Crippen LogP contribution in [0.25, 0.3) is 4.96 Å². The van der Waals surface area contributed by atoms with E-state index >= 15 is 0 Å². The Morgan fingerprint density at radius 1 is 1.27 bits per heavy atom. The van der Waals surface area contributed by atoms with Crippen LogP contribution >= 0.6 is 50.4 Å². The van der Waals surface area contributed by atoms with Crippen molar-refractivity contribution in [2.45, 2.75) is 17.0 Å². The van der Waals surface area contributed by atoms with E-state index in [1.807, 2.05) is 31.2 Å². The maximum Gasteiger partial charge on any atom is 0.275 e. The van der Waals surface area contributed by atoms with E-state index < -0.39 is 0 Å². The summed E-state index contributed by atoms with van der Waals surface area (Å²) in [6, 6.07) is 9.36. The summed E-state index contributed by atoms with van der Waals surface area (Å²) in [5.74, 6) is 0.550. The average Bonchev–Trinajstić information content (AvgIpc) is 3.19. The molecule has 1 N–H and O–H groups in total. The van der Waals surface area contributed by atoms with Crippen molar-refractivity contribution in [3.63, 3.8) is 0 Å². The molecule has 11 heteroatoms. The zero-order valence-electron chi connectivity index (χ0n) is 13.3. The van der Waals surface area contributed by atoms with Gasteiger partial charge in [0.25, 0.3) is 5.56 Å². The number of halogens is 1. The first kappa shape index (κ1) is 17.6. The molecule has 0 radical (unpaired) electrons. The van der Waals surface area contributed by atoms with Gasteiger partial charge in [-0.1, -0.05) is 56.4 Å². The number of aryl methyl sites for hydroxylation is 1. The second kappa shape index (κ2) is 7.43. The lowest BCUT2D eigenvalue weighted by Crippen LogP contribution is -2.15. The fourth-order valence-electron chi connectivity index (χ4n) is 2.17. The van der Waals surface area contributed by atoms with E-state index in [0.717, 1.165) is 19.5 Å². The normalized spacial score (nSPS) is 11.2. The zero-order valence-corrected chi connectivity index (χ0v) is 17.4. The van der Waals surface area contributed by atoms with Crippen LogP contribution in [0.15, 0.2) is 43.9 Å². The maximum atomic E-state index is 12.1. The number of rotatable bonds is 5. The van der Waals surface area contributed by atoms with Crippen LogP contribution in [-0.2, 0) is 5.75 Å². The van der Waals surface area contributed by atoms with Gasteiger partial charge in [-0.05, 0) is 25.1 Å². The van der Waals surface area contributed by atoms with Crippen LogP contribution in [0.1, 0.15) is 10.7 Å². The minimum atomic E-state index is -0.163. The van der Waals surface area contributed by atoms with Gasteiger partial charge in [0.1, 0.15) is 5.01 Å². The maximum absolute atomic E-state index is 12.1. The first-order valence-corrected chi connectivity index (χ1v) is 10.8. The Balaban J connectivity index is 1.45. The molecule has 0 spiro atoms. The molecular formula is C15H11BrN6OS3. The fourth-order valence-corrected chi connectivity index (χ4v) is 5.00. The van der Waals surface area contributed by atoms with Crippen molar-refractivity contribution in [1.29, 1.82) is 0 Å². The lowest BCUT2D eigenvalue weighted by Gasteiger charge is -2.01. The van der Waals surface area contributed by atoms with Gasteiger partial charge in [-0.25, -0.2) is 4.98 Å². The fraction of sp³-hybridized carbons (Fsp3) is 0.133. The van der Waals surface area contributed by atoms with Crippen LogP contribution in [0, 0.1) is 6.92 Å². The first-order valence-electron chi connectivity index (χ1n) is 7.42. The second-order valence-electron chi connectivity index (χ2n) is 5.20. The predicted octanol–water partition coefficient (Wildman–Crippen LogP) is 4.11. The van der Waals surface area contributed by atoms with Crippen molar-refractivity contribution in [2.24, 2.45) is 0 Å². The molecule has 132 valence electrons. The van der Waals surface area contributed by atoms with Gasteiger partial charge in [0.05, 0.1) is 5.69 Å². The highest BCUT2D eigenvalue weighted by molar-refractivity contribution is 9.10. The van der Waals surface area contributed by atoms with Crippen LogP contribution in [0.5, 0.6) is 0 Å². The van der Waals surface area contributed by atoms with Gasteiger partial charge in [0.2, 0.25) is 10.1 Å². The van der Waals surface area contributed by atoms with Gasteiger partial charge in [-0.15, -0.1) is 10.2 Å². The summed E-state index contributed by atoms with van der Waals surface area (Å²) in [5, 5.41) is 17.2. The molecule has 7 nitrogen and oxygen atoms in total. The summed E-state index contributed by atoms with van der Waals surface area (Å²) in [4.78, 5) is 17.2. The van der Waals surface area contributed by atoms with E-state index in [1.165, 1.54) is 45.0 Å². The first-order chi connectivity index (χ1) is 12.6. The molecule has 0 unspecified atom stereocenters. The number of nitrogens with one attached hydrogen (secondary N) is 1. The zero-order chi connectivity index (χ0) is 18.1. The van der Waals surface area contributed by atoms with Crippen molar-refractivity contribution in [3.8, 4) is 0 Å². The Bertz CT molecular complexity index is 1140. The molecule has 0 saturated carbocycles. The Morgan fingerprint density at radius 3 is 3.00 bits per heavy atom. The van der Waals surface area contributed by atoms with Crippen LogP contribution in [0.4, 0.5) is 10.8 Å². The quantitative estimate of drug-likeness (QED) is 0.442. The average molecular weight is 467 g/mol. The highest BCUT2D eigenvalue weighted by atomic mass is 79.9. The molecule has 26 heavy (non-hydrogen) atoms. The third kappa shape index (κ3) is 3.95. The van der Waals surface area contributed by atoms with E-state index in [9.17, 15) is 4.79 Å². The van der Waals surface area contributed by atoms with Gasteiger partial charge >= 0.3 is 0 Å². The van der Waals surface area contributed by atoms with E-state index in [0.29, 0.717) is 21.5 Å². The molecule has 4 rings (SSSR count). The van der Waals surface area contributed by atoms with Crippen LogP contribution < -0.4 is 10.9 Å². The summed E-state index contributed by atoms with van der Waals surface area (Å²) in [6.07, 6.45) is 0. The molecule has 0 aliphatic heterocycles. The van der Waals surface area contributed by atoms with E-state index in [4.69, 9.17) is 0 Å². The molecule has 1 aromatic carbocycles. The SMILES string of the molecule is Cc1nn2c(=O)cc(CSc3nnc(Nc4cccc(Br)c4)s3)nc2s1. The second-order valence-corrected chi connectivity index (χ2v) is 9.47. The topological polar surface area (TPSA) is 85.1 Å². The smallest absolute Gasteiger partial charge is 0.275 e. The third-order valence-electron chi connectivity index (χ3n) is 3.22. The summed E-state index contributed by atoms with van der Waals surface area (Å²) in [5.41, 5.74) is 1.48. The molecule has 0 aliphatic rings. The highest BCUT2D eigenvalue weighted by Crippen LogP contribution is 2.30. The summed E-state index contributed by atoms with van der Waals surface area (Å²) in [7, 11) is 0. The molecule has 0 fully saturated rings. The van der Waals surface area contributed by atoms with Crippen molar-refractivity contribution >= 4 is 66.1 Å². The van der Waals surface area contributed by atoms with Gasteiger partial charge in [0, 0.05) is 22.0 Å². The monoisotopic (exact) mass is 466 g/mol. The van der Waals surface area contributed by atoms with E-state index in [-0.39, 0.29) is 5.56 Å². The molecule has 0 aliphatic carbocycles. The molecule has 0 bridgehead atoms. The van der Waals surface area contributed by atoms with E-state index in [2.05, 4.69) is 41.5 Å². The van der Waals surface area contributed by atoms with Gasteiger partial charge < -0.3 is 5.32 Å². The summed E-state index contributed by atoms with van der Waals surface area (Å²) >= 11 is 7.80. The number of nitrogens with zero attached hydrogens (tertiary/aromatic N) is 5. The summed E-state index contributed by atoms with van der Waals surface area (Å²) < 4.78 is 3.14. The number of fused-ring (bicyclic) bond motifs is 1. The lowest BCUT2D eigenvalue weighted by molar-refractivity contribution is 0.871. The lowest BCUT2D eigenvalue weighted by atomic mass is 10.3. The summed E-state index contributed by atoms with van der Waals surface area (Å²) in [6.45, 7) is 1.86. The Labute approximate surface area is 168 Å². The minimum Gasteiger partial charge on any atom is -0.330 e. The molecular weight excluding hydrogens is 456 g/mol. The Kier molecular flexibility index (Phi) is 5.02. The highest BCUT2D eigenvalue weighted by Gasteiger charge is 2.10. The van der Waals surface area contributed by atoms with Crippen LogP contribution in [0.3, 0.4) is 0 Å².